The van der Waals surface area contributed by atoms with Crippen molar-refractivity contribution in [3.05, 3.63) is 47.7 Å². The number of amides is 1. The number of anilines is 1. The summed E-state index contributed by atoms with van der Waals surface area (Å²) in [5, 5.41) is 0. The van der Waals surface area contributed by atoms with Crippen LogP contribution in [0.2, 0.25) is 0 Å². The van der Waals surface area contributed by atoms with Crippen molar-refractivity contribution in [1.29, 1.82) is 0 Å². The molecule has 2 aromatic rings. The Morgan fingerprint density at radius 2 is 2.00 bits per heavy atom. The van der Waals surface area contributed by atoms with Gasteiger partial charge in [-0.25, -0.2) is 13.4 Å². The lowest BCUT2D eigenvalue weighted by Crippen LogP contribution is -2.49. The molecule has 0 atom stereocenters. The molecule has 1 aromatic carbocycles. The summed E-state index contributed by atoms with van der Waals surface area (Å²) in [6, 6.07) is 8.71. The van der Waals surface area contributed by atoms with Crippen LogP contribution in [-0.2, 0) is 21.4 Å². The number of aromatic nitrogens is 1. The summed E-state index contributed by atoms with van der Waals surface area (Å²) >= 11 is 0. The van der Waals surface area contributed by atoms with E-state index in [1.165, 1.54) is 4.31 Å². The van der Waals surface area contributed by atoms with Crippen LogP contribution in [0.5, 0.6) is 5.75 Å². The van der Waals surface area contributed by atoms with Gasteiger partial charge in [-0.05, 0) is 36.2 Å². The van der Waals surface area contributed by atoms with Crippen LogP contribution in [0, 0.1) is 6.92 Å². The quantitative estimate of drug-likeness (QED) is 0.829. The first-order valence-electron chi connectivity index (χ1n) is 7.94. The third-order valence-corrected chi connectivity index (χ3v) is 5.86. The molecule has 1 amide bonds. The van der Waals surface area contributed by atoms with E-state index in [2.05, 4.69) is 4.98 Å². The van der Waals surface area contributed by atoms with Gasteiger partial charge in [0.1, 0.15) is 16.5 Å². The molecular weight excluding hydrogens is 356 g/mol. The minimum atomic E-state index is -3.74. The molecule has 8 nitrogen and oxygen atoms in total. The Bertz CT molecular complexity index is 928. The number of hydrogen-bond acceptors (Lipinski definition) is 6. The van der Waals surface area contributed by atoms with Crippen molar-refractivity contribution < 1.29 is 17.9 Å². The van der Waals surface area contributed by atoms with Crippen molar-refractivity contribution in [2.75, 3.05) is 25.2 Å². The number of ether oxygens (including phenoxy) is 1. The van der Waals surface area contributed by atoms with E-state index >= 15 is 0 Å². The van der Waals surface area contributed by atoms with Gasteiger partial charge >= 0.3 is 0 Å². The second kappa shape index (κ2) is 6.93. The average molecular weight is 376 g/mol. The molecule has 0 bridgehead atoms. The molecule has 26 heavy (non-hydrogen) atoms. The second-order valence-electron chi connectivity index (χ2n) is 6.10. The zero-order chi connectivity index (χ0) is 18.9. The molecule has 0 aliphatic carbocycles. The number of fused-ring (bicyclic) bond motifs is 1. The minimum absolute atomic E-state index is 0.000361. The van der Waals surface area contributed by atoms with Gasteiger partial charge in [0.05, 0.1) is 20.3 Å². The van der Waals surface area contributed by atoms with E-state index in [-0.39, 0.29) is 30.5 Å². The van der Waals surface area contributed by atoms with Gasteiger partial charge in [-0.15, -0.1) is 0 Å². The van der Waals surface area contributed by atoms with Crippen molar-refractivity contribution in [2.24, 2.45) is 5.73 Å². The lowest BCUT2D eigenvalue weighted by atomic mass is 10.2. The van der Waals surface area contributed by atoms with Gasteiger partial charge in [-0.1, -0.05) is 12.1 Å². The van der Waals surface area contributed by atoms with E-state index in [4.69, 9.17) is 10.5 Å². The predicted octanol–water partition coefficient (Wildman–Crippen LogP) is 0.852. The zero-order valence-corrected chi connectivity index (χ0v) is 15.4. The fourth-order valence-electron chi connectivity index (χ4n) is 2.82. The third-order valence-electron chi connectivity index (χ3n) is 4.08. The summed E-state index contributed by atoms with van der Waals surface area (Å²) in [5.74, 6) is 0.387. The maximum absolute atomic E-state index is 13.0. The summed E-state index contributed by atoms with van der Waals surface area (Å²) in [6.07, 6.45) is 1.57. The highest BCUT2D eigenvalue weighted by molar-refractivity contribution is 7.89. The number of nitrogens with two attached hydrogens (primary N) is 1. The summed E-state index contributed by atoms with van der Waals surface area (Å²) in [6.45, 7) is 1.82. The average Bonchev–Trinajstić information content (AvgIpc) is 2.59. The van der Waals surface area contributed by atoms with E-state index in [1.54, 1.807) is 55.5 Å². The standard InChI is InChI=1S/C17H20N4O4S/c1-12-7-15-17(19-8-12)20(10-16(18)22)11-21(26(15,23)24)9-13-3-5-14(25-2)6-4-13/h3-8H,9-11H2,1-2H3,(H2,18,22). The molecule has 0 spiro atoms. The van der Waals surface area contributed by atoms with Gasteiger partial charge in [-0.2, -0.15) is 4.31 Å². The number of rotatable bonds is 5. The first-order valence-corrected chi connectivity index (χ1v) is 9.38. The molecule has 1 aliphatic heterocycles. The number of benzene rings is 1. The molecule has 138 valence electrons. The Balaban J connectivity index is 1.98. The molecule has 1 aliphatic rings. The lowest BCUT2D eigenvalue weighted by Gasteiger charge is -2.36. The molecule has 0 saturated carbocycles. The van der Waals surface area contributed by atoms with Gasteiger partial charge in [0.15, 0.2) is 0 Å². The summed E-state index contributed by atoms with van der Waals surface area (Å²) < 4.78 is 32.5. The van der Waals surface area contributed by atoms with Gasteiger partial charge in [0.25, 0.3) is 0 Å². The van der Waals surface area contributed by atoms with Crippen LogP contribution in [0.4, 0.5) is 5.82 Å². The third kappa shape index (κ3) is 3.49. The van der Waals surface area contributed by atoms with Crippen molar-refractivity contribution >= 4 is 21.7 Å². The number of sulfonamides is 1. The SMILES string of the molecule is COc1ccc(CN2CN(CC(N)=O)c3ncc(C)cc3S2(=O)=O)cc1. The molecule has 2 N–H and O–H groups in total. The number of primary amides is 1. The fraction of sp³-hybridized carbons (Fsp3) is 0.294. The van der Waals surface area contributed by atoms with Crippen LogP contribution in [-0.4, -0.2) is 43.9 Å². The first kappa shape index (κ1) is 18.2. The molecule has 0 saturated heterocycles. The van der Waals surface area contributed by atoms with Gasteiger partial charge < -0.3 is 15.4 Å². The Morgan fingerprint density at radius 1 is 1.31 bits per heavy atom. The van der Waals surface area contributed by atoms with E-state index in [0.29, 0.717) is 5.75 Å². The number of hydrogen-bond donors (Lipinski definition) is 1. The van der Waals surface area contributed by atoms with Gasteiger partial charge in [0.2, 0.25) is 15.9 Å². The number of carbonyl (C=O) groups excluding carboxylic acids is 1. The van der Waals surface area contributed by atoms with Crippen molar-refractivity contribution in [2.45, 2.75) is 18.4 Å². The topological polar surface area (TPSA) is 106 Å². The molecule has 3 rings (SSSR count). The first-order chi connectivity index (χ1) is 12.3. The highest BCUT2D eigenvalue weighted by atomic mass is 32.2. The van der Waals surface area contributed by atoms with Crippen molar-refractivity contribution in [1.82, 2.24) is 9.29 Å². The number of pyridine rings is 1. The number of carbonyl (C=O) groups is 1. The highest BCUT2D eigenvalue weighted by Gasteiger charge is 2.37. The molecular formula is C17H20N4O4S. The molecule has 0 fully saturated rings. The second-order valence-corrected chi connectivity index (χ2v) is 8.01. The van der Waals surface area contributed by atoms with Crippen molar-refractivity contribution in [3.63, 3.8) is 0 Å². The maximum Gasteiger partial charge on any atom is 0.248 e. The number of nitrogens with zero attached hydrogens (tertiary/aromatic N) is 3. The predicted molar refractivity (Wildman–Crippen MR) is 96.1 cm³/mol. The van der Waals surface area contributed by atoms with E-state index in [9.17, 15) is 13.2 Å². The zero-order valence-electron chi connectivity index (χ0n) is 14.5. The Labute approximate surface area is 152 Å². The molecule has 1 aromatic heterocycles. The summed E-state index contributed by atoms with van der Waals surface area (Å²) in [7, 11) is -2.17. The van der Waals surface area contributed by atoms with Crippen LogP contribution in [0.15, 0.2) is 41.4 Å². The van der Waals surface area contributed by atoms with Gasteiger partial charge in [0, 0.05) is 12.7 Å². The Hall–Kier alpha value is -2.65. The minimum Gasteiger partial charge on any atom is -0.497 e. The largest absolute Gasteiger partial charge is 0.497 e. The van der Waals surface area contributed by atoms with Crippen LogP contribution in [0.25, 0.3) is 0 Å². The smallest absolute Gasteiger partial charge is 0.248 e. The monoisotopic (exact) mass is 376 g/mol. The van der Waals surface area contributed by atoms with Crippen LogP contribution in [0.3, 0.4) is 0 Å². The summed E-state index contributed by atoms with van der Waals surface area (Å²) in [5.41, 5.74) is 6.84. The van der Waals surface area contributed by atoms with E-state index in [0.717, 1.165) is 11.1 Å². The molecule has 0 unspecified atom stereocenters. The summed E-state index contributed by atoms with van der Waals surface area (Å²) in [4.78, 5) is 17.3. The fourth-order valence-corrected chi connectivity index (χ4v) is 4.45. The molecule has 9 heteroatoms. The normalized spacial score (nSPS) is 16.2. The van der Waals surface area contributed by atoms with Gasteiger partial charge in [-0.3, -0.25) is 4.79 Å². The van der Waals surface area contributed by atoms with E-state index < -0.39 is 15.9 Å². The maximum atomic E-state index is 13.0. The van der Waals surface area contributed by atoms with Crippen LogP contribution in [0.1, 0.15) is 11.1 Å². The molecule has 0 radical (unpaired) electrons. The molecule has 2 heterocycles. The van der Waals surface area contributed by atoms with Crippen molar-refractivity contribution in [3.8, 4) is 5.75 Å². The Morgan fingerprint density at radius 3 is 2.62 bits per heavy atom. The Kier molecular flexibility index (Phi) is 4.84. The van der Waals surface area contributed by atoms with Crippen LogP contribution >= 0.6 is 0 Å². The van der Waals surface area contributed by atoms with Crippen LogP contribution < -0.4 is 15.4 Å². The highest BCUT2D eigenvalue weighted by Crippen LogP contribution is 2.32. The lowest BCUT2D eigenvalue weighted by molar-refractivity contribution is -0.116. The van der Waals surface area contributed by atoms with E-state index in [1.807, 2.05) is 0 Å². The number of methoxy groups -OCH3 is 1. The number of aryl methyl sites for hydroxylation is 1.